The smallest absolute Gasteiger partial charge is 0.368 e. The van der Waals surface area contributed by atoms with Gasteiger partial charge in [-0.05, 0) is 24.3 Å². The summed E-state index contributed by atoms with van der Waals surface area (Å²) in [5, 5.41) is 16.6. The minimum absolute atomic E-state index is 0.0497. The Hall–Kier alpha value is -4.62. The molecule has 0 bridgehead atoms. The quantitative estimate of drug-likeness (QED) is 0.143. The molecule has 1 aromatic carbocycles. The highest BCUT2D eigenvalue weighted by Crippen LogP contribution is 2.35. The van der Waals surface area contributed by atoms with E-state index >= 15 is 0 Å². The molecule has 0 fully saturated rings. The van der Waals surface area contributed by atoms with E-state index in [4.69, 9.17) is 0 Å². The molecule has 0 unspecified atom stereocenters. The van der Waals surface area contributed by atoms with E-state index in [1.807, 2.05) is 0 Å². The van der Waals surface area contributed by atoms with Crippen molar-refractivity contribution in [2.24, 2.45) is 0 Å². The van der Waals surface area contributed by atoms with Crippen LogP contribution in [0.5, 0.6) is 0 Å². The van der Waals surface area contributed by atoms with Crippen molar-refractivity contribution < 1.29 is 22.5 Å². The summed E-state index contributed by atoms with van der Waals surface area (Å²) in [6, 6.07) is 4.97. The van der Waals surface area contributed by atoms with Gasteiger partial charge in [-0.1, -0.05) is 0 Å². The lowest BCUT2D eigenvalue weighted by atomic mass is 10.0. The van der Waals surface area contributed by atoms with Crippen LogP contribution in [0.2, 0.25) is 0 Å². The first-order valence-electron chi connectivity index (χ1n) is 10.0. The summed E-state index contributed by atoms with van der Waals surface area (Å²) in [5.74, 6) is -0.257. The number of nitro groups is 1. The minimum Gasteiger partial charge on any atom is -0.368 e. The van der Waals surface area contributed by atoms with Crippen LogP contribution in [-0.2, 0) is 6.18 Å². The maximum atomic E-state index is 14.7. The van der Waals surface area contributed by atoms with Gasteiger partial charge in [0.05, 0.1) is 21.7 Å². The highest BCUT2D eigenvalue weighted by atomic mass is 19.4. The number of rotatable bonds is 8. The number of hydrogen-bond donors (Lipinski definition) is 3. The molecular weight excluding hydrogens is 472 g/mol. The molecular formula is C21H16F4N8O2. The first kappa shape index (κ1) is 23.5. The van der Waals surface area contributed by atoms with E-state index in [-0.39, 0.29) is 29.4 Å². The standard InChI is InChI=1S/C21H16F4N8O2/c22-16-9-12(21(23,24)25)1-3-14(16)18-15(19-27-6-7-28-19)11-31-20(32-18)29-8-5-26-17-4-2-13(10-30-17)33(34)35/h1-4,6-7,9-11H,5,8H2,(H,26,30)(H,27,28)(H,29,31,32). The maximum Gasteiger partial charge on any atom is 0.416 e. The van der Waals surface area contributed by atoms with E-state index in [0.717, 1.165) is 18.3 Å². The van der Waals surface area contributed by atoms with E-state index in [2.05, 4.69) is 35.6 Å². The van der Waals surface area contributed by atoms with Gasteiger partial charge in [-0.15, -0.1) is 0 Å². The Kier molecular flexibility index (Phi) is 6.53. The molecule has 0 atom stereocenters. The third-order valence-electron chi connectivity index (χ3n) is 4.77. The predicted octanol–water partition coefficient (Wildman–Crippen LogP) is 4.52. The van der Waals surface area contributed by atoms with E-state index in [1.54, 1.807) is 0 Å². The number of nitrogens with one attached hydrogen (secondary N) is 3. The van der Waals surface area contributed by atoms with Crippen molar-refractivity contribution in [3.05, 3.63) is 76.6 Å². The zero-order valence-electron chi connectivity index (χ0n) is 17.7. The summed E-state index contributed by atoms with van der Waals surface area (Å²) in [5.41, 5.74) is -1.05. The first-order chi connectivity index (χ1) is 16.7. The molecule has 0 spiro atoms. The molecule has 180 valence electrons. The highest BCUT2D eigenvalue weighted by Gasteiger charge is 2.31. The fourth-order valence-electron chi connectivity index (χ4n) is 3.11. The molecule has 0 saturated carbocycles. The molecule has 0 aliphatic rings. The Morgan fingerprint density at radius 2 is 1.80 bits per heavy atom. The topological polar surface area (TPSA) is 135 Å². The number of aromatic nitrogens is 5. The Morgan fingerprint density at radius 3 is 2.43 bits per heavy atom. The molecule has 10 nitrogen and oxygen atoms in total. The summed E-state index contributed by atoms with van der Waals surface area (Å²) >= 11 is 0. The Labute approximate surface area is 194 Å². The van der Waals surface area contributed by atoms with Gasteiger partial charge in [-0.25, -0.2) is 24.3 Å². The molecule has 4 rings (SSSR count). The summed E-state index contributed by atoms with van der Waals surface area (Å²) in [4.78, 5) is 29.5. The number of aromatic amines is 1. The van der Waals surface area contributed by atoms with Crippen LogP contribution < -0.4 is 10.6 Å². The number of hydrogen-bond acceptors (Lipinski definition) is 8. The number of imidazole rings is 1. The summed E-state index contributed by atoms with van der Waals surface area (Å²) in [6.07, 6.45) is 0.814. The molecule has 0 saturated heterocycles. The predicted molar refractivity (Wildman–Crippen MR) is 118 cm³/mol. The van der Waals surface area contributed by atoms with Gasteiger partial charge < -0.3 is 15.6 Å². The Balaban J connectivity index is 1.53. The van der Waals surface area contributed by atoms with Crippen molar-refractivity contribution in [2.45, 2.75) is 6.18 Å². The zero-order chi connectivity index (χ0) is 25.0. The van der Waals surface area contributed by atoms with Gasteiger partial charge in [0.2, 0.25) is 5.95 Å². The number of nitrogens with zero attached hydrogens (tertiary/aromatic N) is 5. The number of halogens is 4. The van der Waals surface area contributed by atoms with E-state index < -0.39 is 22.5 Å². The Morgan fingerprint density at radius 1 is 1.00 bits per heavy atom. The maximum absolute atomic E-state index is 14.7. The molecule has 3 heterocycles. The summed E-state index contributed by atoms with van der Waals surface area (Å²) in [6.45, 7) is 0.617. The van der Waals surface area contributed by atoms with Gasteiger partial charge in [0.15, 0.2) is 0 Å². The van der Waals surface area contributed by atoms with Crippen LogP contribution in [0.25, 0.3) is 22.6 Å². The minimum atomic E-state index is -4.69. The van der Waals surface area contributed by atoms with Crippen molar-refractivity contribution in [3.8, 4) is 22.6 Å². The molecule has 0 amide bonds. The summed E-state index contributed by atoms with van der Waals surface area (Å²) < 4.78 is 53.6. The second-order valence-corrected chi connectivity index (χ2v) is 7.10. The zero-order valence-corrected chi connectivity index (χ0v) is 17.7. The summed E-state index contributed by atoms with van der Waals surface area (Å²) in [7, 11) is 0. The average Bonchev–Trinajstić information content (AvgIpc) is 3.36. The van der Waals surface area contributed by atoms with Crippen LogP contribution in [0.15, 0.2) is 55.1 Å². The molecule has 0 radical (unpaired) electrons. The lowest BCUT2D eigenvalue weighted by molar-refractivity contribution is -0.385. The molecule has 0 aliphatic heterocycles. The van der Waals surface area contributed by atoms with Gasteiger partial charge in [0, 0.05) is 43.3 Å². The highest BCUT2D eigenvalue weighted by molar-refractivity contribution is 5.78. The van der Waals surface area contributed by atoms with Crippen molar-refractivity contribution >= 4 is 17.5 Å². The second-order valence-electron chi connectivity index (χ2n) is 7.10. The van der Waals surface area contributed by atoms with Gasteiger partial charge in [-0.3, -0.25) is 10.1 Å². The third kappa shape index (κ3) is 5.48. The van der Waals surface area contributed by atoms with Crippen molar-refractivity contribution in [3.63, 3.8) is 0 Å². The molecule has 14 heteroatoms. The van der Waals surface area contributed by atoms with Gasteiger partial charge in [-0.2, -0.15) is 13.2 Å². The number of benzene rings is 1. The Bertz CT molecular complexity index is 1330. The van der Waals surface area contributed by atoms with Crippen molar-refractivity contribution in [1.82, 2.24) is 24.9 Å². The van der Waals surface area contributed by atoms with E-state index in [9.17, 15) is 27.7 Å². The van der Waals surface area contributed by atoms with Gasteiger partial charge in [0.1, 0.15) is 23.7 Å². The van der Waals surface area contributed by atoms with Crippen LogP contribution in [-0.4, -0.2) is 42.9 Å². The van der Waals surface area contributed by atoms with E-state index in [1.165, 1.54) is 30.7 Å². The van der Waals surface area contributed by atoms with Gasteiger partial charge >= 0.3 is 6.18 Å². The van der Waals surface area contributed by atoms with Crippen LogP contribution >= 0.6 is 0 Å². The van der Waals surface area contributed by atoms with Gasteiger partial charge in [0.25, 0.3) is 5.69 Å². The molecule has 35 heavy (non-hydrogen) atoms. The monoisotopic (exact) mass is 488 g/mol. The second kappa shape index (κ2) is 9.70. The molecule has 3 aromatic heterocycles. The molecule has 3 N–H and O–H groups in total. The van der Waals surface area contributed by atoms with Crippen LogP contribution in [0, 0.1) is 15.9 Å². The number of alkyl halides is 3. The van der Waals surface area contributed by atoms with Crippen LogP contribution in [0.4, 0.5) is 35.0 Å². The van der Waals surface area contributed by atoms with Crippen molar-refractivity contribution in [1.29, 1.82) is 0 Å². The number of H-pyrrole nitrogens is 1. The molecule has 0 aliphatic carbocycles. The van der Waals surface area contributed by atoms with Crippen LogP contribution in [0.3, 0.4) is 0 Å². The normalized spacial score (nSPS) is 11.3. The molecule has 4 aromatic rings. The first-order valence-corrected chi connectivity index (χ1v) is 10.0. The largest absolute Gasteiger partial charge is 0.416 e. The lowest BCUT2D eigenvalue weighted by Crippen LogP contribution is -2.16. The van der Waals surface area contributed by atoms with Crippen LogP contribution in [0.1, 0.15) is 5.56 Å². The van der Waals surface area contributed by atoms with Crippen molar-refractivity contribution in [2.75, 3.05) is 23.7 Å². The third-order valence-corrected chi connectivity index (χ3v) is 4.77. The fourth-order valence-corrected chi connectivity index (χ4v) is 3.11. The van der Waals surface area contributed by atoms with E-state index in [0.29, 0.717) is 29.8 Å². The average molecular weight is 488 g/mol. The fraction of sp³-hybridized carbons (Fsp3) is 0.143. The number of pyridine rings is 1. The SMILES string of the molecule is O=[N+]([O-])c1ccc(NCCNc2ncc(-c3ncc[nH]3)c(-c3ccc(C(F)(F)F)cc3F)n2)nc1. The number of anilines is 2. The lowest BCUT2D eigenvalue weighted by Gasteiger charge is -2.13.